The number of fused-ring (bicyclic) bond motifs is 1. The van der Waals surface area contributed by atoms with Crippen LogP contribution < -0.4 is 20.1 Å². The zero-order valence-corrected chi connectivity index (χ0v) is 24.6. The lowest BCUT2D eigenvalue weighted by Gasteiger charge is -2.44. The molecule has 2 aliphatic heterocycles. The summed E-state index contributed by atoms with van der Waals surface area (Å²) >= 11 is 0. The Labute approximate surface area is 242 Å². The molecular weight excluding hydrogens is 571 g/mol. The van der Waals surface area contributed by atoms with Crippen LogP contribution in [0.1, 0.15) is 33.4 Å². The first-order valence-electron chi connectivity index (χ1n) is 13.5. The van der Waals surface area contributed by atoms with Crippen LogP contribution in [-0.2, 0) is 28.1 Å². The van der Waals surface area contributed by atoms with Crippen LogP contribution in [0.5, 0.6) is 11.6 Å². The molecule has 5 rings (SSSR count). The second-order valence-electron chi connectivity index (χ2n) is 10.5. The van der Waals surface area contributed by atoms with Crippen LogP contribution in [0.2, 0.25) is 0 Å². The van der Waals surface area contributed by atoms with Gasteiger partial charge in [0.2, 0.25) is 11.8 Å². The highest BCUT2D eigenvalue weighted by Gasteiger charge is 2.62. The van der Waals surface area contributed by atoms with Gasteiger partial charge in [-0.1, -0.05) is 32.0 Å². The number of carbonyl (C=O) groups is 1. The topological polar surface area (TPSA) is 191 Å². The van der Waals surface area contributed by atoms with Crippen molar-refractivity contribution >= 4 is 30.8 Å². The molecule has 2 saturated heterocycles. The lowest BCUT2D eigenvalue weighted by molar-refractivity contribution is -0.225. The zero-order chi connectivity index (χ0) is 30.1. The Morgan fingerprint density at radius 2 is 2.02 bits per heavy atom. The lowest BCUT2D eigenvalue weighted by Crippen LogP contribution is -2.56. The number of para-hydroxylation sites is 1. The average Bonchev–Trinajstić information content (AvgIpc) is 3.48. The van der Waals surface area contributed by atoms with Gasteiger partial charge >= 0.3 is 13.7 Å². The van der Waals surface area contributed by atoms with Crippen LogP contribution in [0, 0.1) is 5.92 Å². The maximum Gasteiger partial charge on any atom is 0.459 e. The standard InChI is InChI=1S/C26H35N6O9P/c1-15(2)12-37-23(34)16(3)31-42(35,41-17-8-6-5-7-9-17)39-13-18-20(33)26(10-11-38-26)24(40-18)32-14-28-19-21(32)29-25(27)30-22(19)36-4/h5-9,14-16,18,20,24,33H,10-13H2,1-4H3,(H,31,35)(H2,27,29,30)/t16-,18+,20+,24+,26+,42+/m0/s1. The molecular formula is C26H35N6O9P. The van der Waals surface area contributed by atoms with E-state index in [0.717, 1.165) is 0 Å². The Hall–Kier alpha value is -3.33. The lowest BCUT2D eigenvalue weighted by atomic mass is 9.86. The number of ether oxygens (including phenoxy) is 4. The van der Waals surface area contributed by atoms with Gasteiger partial charge in [0.15, 0.2) is 17.4 Å². The minimum atomic E-state index is -4.20. The Kier molecular flexibility index (Phi) is 8.69. The van der Waals surface area contributed by atoms with Crippen LogP contribution in [0.3, 0.4) is 0 Å². The third kappa shape index (κ3) is 5.93. The van der Waals surface area contributed by atoms with E-state index in [1.165, 1.54) is 20.4 Å². The summed E-state index contributed by atoms with van der Waals surface area (Å²) in [6.45, 7) is 5.52. The summed E-state index contributed by atoms with van der Waals surface area (Å²) < 4.78 is 49.7. The zero-order valence-electron chi connectivity index (χ0n) is 23.7. The smallest absolute Gasteiger partial charge is 0.459 e. The van der Waals surface area contributed by atoms with Crippen LogP contribution in [0.15, 0.2) is 36.7 Å². The number of hydrogen-bond donors (Lipinski definition) is 3. The molecule has 0 aliphatic carbocycles. The molecule has 2 fully saturated rings. The molecule has 1 spiro atoms. The average molecular weight is 607 g/mol. The summed E-state index contributed by atoms with van der Waals surface area (Å²) in [4.78, 5) is 25.2. The van der Waals surface area contributed by atoms with Gasteiger partial charge in [0.1, 0.15) is 29.6 Å². The number of nitrogens with zero attached hydrogens (tertiary/aromatic N) is 4. The van der Waals surface area contributed by atoms with E-state index in [0.29, 0.717) is 24.2 Å². The van der Waals surface area contributed by atoms with E-state index in [1.54, 1.807) is 34.9 Å². The number of aliphatic hydroxyl groups is 1. The number of esters is 1. The molecule has 15 nitrogen and oxygen atoms in total. The first kappa shape index (κ1) is 30.1. The molecule has 16 heteroatoms. The number of anilines is 1. The number of imidazole rings is 1. The third-order valence-corrected chi connectivity index (χ3v) is 8.58. The summed E-state index contributed by atoms with van der Waals surface area (Å²) in [6, 6.07) is 7.34. The number of hydrogen-bond acceptors (Lipinski definition) is 13. The highest BCUT2D eigenvalue weighted by Crippen LogP contribution is 2.51. The van der Waals surface area contributed by atoms with Crippen LogP contribution in [-0.4, -0.2) is 81.4 Å². The fourth-order valence-corrected chi connectivity index (χ4v) is 6.28. The van der Waals surface area contributed by atoms with Crippen molar-refractivity contribution in [3.8, 4) is 11.6 Å². The van der Waals surface area contributed by atoms with Gasteiger partial charge in [-0.3, -0.25) is 13.9 Å². The summed E-state index contributed by atoms with van der Waals surface area (Å²) in [7, 11) is -2.76. The summed E-state index contributed by atoms with van der Waals surface area (Å²) in [6.07, 6.45) is -1.14. The van der Waals surface area contributed by atoms with E-state index in [2.05, 4.69) is 20.0 Å². The van der Waals surface area contributed by atoms with E-state index in [9.17, 15) is 14.5 Å². The monoisotopic (exact) mass is 606 g/mol. The van der Waals surface area contributed by atoms with Gasteiger partial charge in [0.25, 0.3) is 0 Å². The molecule has 4 N–H and O–H groups in total. The normalized spacial score (nSPS) is 25.7. The van der Waals surface area contributed by atoms with E-state index in [4.69, 9.17) is 33.7 Å². The molecule has 3 aromatic rings. The number of aromatic nitrogens is 4. The molecule has 42 heavy (non-hydrogen) atoms. The minimum absolute atomic E-state index is 0.0331. The molecule has 0 saturated carbocycles. The van der Waals surface area contributed by atoms with Crippen molar-refractivity contribution in [1.29, 1.82) is 0 Å². The first-order valence-corrected chi connectivity index (χ1v) is 15.0. The predicted molar refractivity (Wildman–Crippen MR) is 149 cm³/mol. The van der Waals surface area contributed by atoms with E-state index >= 15 is 0 Å². The maximum absolute atomic E-state index is 13.9. The number of carbonyl (C=O) groups excluding carboxylic acids is 1. The Morgan fingerprint density at radius 1 is 1.29 bits per heavy atom. The Balaban J connectivity index is 1.37. The fourth-order valence-electron chi connectivity index (χ4n) is 4.78. The number of rotatable bonds is 12. The molecule has 1 aromatic carbocycles. The second-order valence-corrected chi connectivity index (χ2v) is 12.2. The highest BCUT2D eigenvalue weighted by atomic mass is 31.2. The molecule has 6 atom stereocenters. The van der Waals surface area contributed by atoms with Crippen molar-refractivity contribution in [1.82, 2.24) is 24.6 Å². The van der Waals surface area contributed by atoms with Crippen molar-refractivity contribution in [2.75, 3.05) is 32.7 Å². The van der Waals surface area contributed by atoms with Crippen LogP contribution >= 0.6 is 7.75 Å². The molecule has 0 radical (unpaired) electrons. The summed E-state index contributed by atoms with van der Waals surface area (Å²) in [5, 5.41) is 14.0. The number of nitrogens with one attached hydrogen (secondary N) is 1. The number of nitrogens with two attached hydrogens (primary N) is 1. The van der Waals surface area contributed by atoms with Crippen molar-refractivity contribution in [3.05, 3.63) is 36.7 Å². The van der Waals surface area contributed by atoms with Gasteiger partial charge in [-0.15, -0.1) is 0 Å². The molecule has 228 valence electrons. The molecule has 4 heterocycles. The first-order chi connectivity index (χ1) is 20.0. The predicted octanol–water partition coefficient (Wildman–Crippen LogP) is 2.22. The van der Waals surface area contributed by atoms with Crippen LogP contribution in [0.4, 0.5) is 5.95 Å². The molecule has 0 unspecified atom stereocenters. The largest absolute Gasteiger partial charge is 0.479 e. The Bertz CT molecular complexity index is 1450. The molecule has 0 amide bonds. The van der Waals surface area contributed by atoms with Crippen molar-refractivity contribution in [3.63, 3.8) is 0 Å². The number of benzene rings is 1. The maximum atomic E-state index is 13.9. The highest BCUT2D eigenvalue weighted by molar-refractivity contribution is 7.52. The second kappa shape index (κ2) is 12.1. The fraction of sp³-hybridized carbons (Fsp3) is 0.538. The SMILES string of the molecule is COc1nc(N)nc2c1ncn2[C@@H]1O[C@H](CO[P@](=O)(N[C@@H](C)C(=O)OCC(C)C)Oc2ccccc2)[C@@H](O)[C@]12CCO2. The van der Waals surface area contributed by atoms with Gasteiger partial charge in [-0.05, 0) is 25.0 Å². The van der Waals surface area contributed by atoms with Gasteiger partial charge in [0, 0.05) is 6.42 Å². The Morgan fingerprint density at radius 3 is 2.67 bits per heavy atom. The van der Waals surface area contributed by atoms with Gasteiger partial charge < -0.3 is 34.3 Å². The molecule has 2 aliphatic rings. The van der Waals surface area contributed by atoms with E-state index in [1.807, 2.05) is 13.8 Å². The van der Waals surface area contributed by atoms with Crippen molar-refractivity contribution in [2.24, 2.45) is 5.92 Å². The van der Waals surface area contributed by atoms with Gasteiger partial charge in [-0.25, -0.2) is 9.55 Å². The molecule has 2 aromatic heterocycles. The summed E-state index contributed by atoms with van der Waals surface area (Å²) in [5.41, 5.74) is 5.40. The third-order valence-electron chi connectivity index (χ3n) is 6.93. The van der Waals surface area contributed by atoms with Gasteiger partial charge in [0.05, 0.1) is 33.3 Å². The number of nitrogen functional groups attached to an aromatic ring is 1. The molecule has 0 bridgehead atoms. The van der Waals surface area contributed by atoms with E-state index in [-0.39, 0.29) is 36.7 Å². The summed E-state index contributed by atoms with van der Waals surface area (Å²) in [5.74, 6) is -0.0985. The van der Waals surface area contributed by atoms with E-state index < -0.39 is 43.8 Å². The quantitative estimate of drug-likeness (QED) is 0.201. The van der Waals surface area contributed by atoms with Crippen molar-refractivity contribution in [2.45, 2.75) is 57.3 Å². The van der Waals surface area contributed by atoms with Crippen LogP contribution in [0.25, 0.3) is 11.2 Å². The van der Waals surface area contributed by atoms with Crippen molar-refractivity contribution < 1.29 is 42.5 Å². The van der Waals surface area contributed by atoms with Gasteiger partial charge in [-0.2, -0.15) is 15.1 Å². The number of methoxy groups -OCH3 is 1. The minimum Gasteiger partial charge on any atom is -0.479 e. The number of aliphatic hydroxyl groups excluding tert-OH is 1.